The van der Waals surface area contributed by atoms with Crippen LogP contribution in [0.2, 0.25) is 5.02 Å². The third kappa shape index (κ3) is 2.85. The third-order valence-corrected chi connectivity index (χ3v) is 2.68. The van der Waals surface area contributed by atoms with Crippen LogP contribution in [0.4, 0.5) is 4.39 Å². The molecule has 0 aliphatic rings. The van der Waals surface area contributed by atoms with E-state index in [0.717, 1.165) is 6.07 Å². The fourth-order valence-corrected chi connectivity index (χ4v) is 1.60. The fourth-order valence-electron chi connectivity index (χ4n) is 1.33. The summed E-state index contributed by atoms with van der Waals surface area (Å²) in [6.07, 6.45) is 0.169. The summed E-state index contributed by atoms with van der Waals surface area (Å²) in [5.41, 5.74) is 0.438. The summed E-state index contributed by atoms with van der Waals surface area (Å²) < 4.78 is 18.0. The van der Waals surface area contributed by atoms with Gasteiger partial charge in [-0.1, -0.05) is 18.5 Å². The van der Waals surface area contributed by atoms with Crippen molar-refractivity contribution in [3.63, 3.8) is 0 Å². The minimum Gasteiger partial charge on any atom is -0.495 e. The minimum absolute atomic E-state index is 0.169. The molecule has 1 rings (SSSR count). The van der Waals surface area contributed by atoms with Gasteiger partial charge in [-0.15, -0.1) is 0 Å². The standard InChI is InChI=1S/C11H12ClFO3/c1-6(11(14)15)3-7-4-8(13)5-9(16-2)10(7)12/h4-6H,3H2,1-2H3,(H,14,15). The van der Waals surface area contributed by atoms with Crippen LogP contribution in [0.15, 0.2) is 12.1 Å². The molecule has 5 heteroatoms. The Kier molecular flexibility index (Phi) is 4.12. The number of hydrogen-bond acceptors (Lipinski definition) is 2. The fraction of sp³-hybridized carbons (Fsp3) is 0.364. The monoisotopic (exact) mass is 246 g/mol. The van der Waals surface area contributed by atoms with Gasteiger partial charge in [-0.3, -0.25) is 4.79 Å². The highest BCUT2D eigenvalue weighted by Gasteiger charge is 2.16. The molecule has 1 N–H and O–H groups in total. The molecule has 0 heterocycles. The van der Waals surface area contributed by atoms with E-state index in [1.807, 2.05) is 0 Å². The molecule has 1 atom stereocenters. The number of rotatable bonds is 4. The van der Waals surface area contributed by atoms with E-state index in [2.05, 4.69) is 0 Å². The molecular formula is C11H12ClFO3. The van der Waals surface area contributed by atoms with Gasteiger partial charge in [0, 0.05) is 6.07 Å². The summed E-state index contributed by atoms with van der Waals surface area (Å²) >= 11 is 5.95. The van der Waals surface area contributed by atoms with Crippen LogP contribution in [0, 0.1) is 11.7 Å². The molecule has 88 valence electrons. The van der Waals surface area contributed by atoms with Crippen molar-refractivity contribution in [2.24, 2.45) is 5.92 Å². The quantitative estimate of drug-likeness (QED) is 0.889. The zero-order valence-corrected chi connectivity index (χ0v) is 9.71. The van der Waals surface area contributed by atoms with E-state index in [1.54, 1.807) is 0 Å². The van der Waals surface area contributed by atoms with Crippen LogP contribution in [0.3, 0.4) is 0 Å². The van der Waals surface area contributed by atoms with E-state index in [-0.39, 0.29) is 17.2 Å². The molecule has 1 aromatic carbocycles. The van der Waals surface area contributed by atoms with Gasteiger partial charge in [0.15, 0.2) is 0 Å². The highest BCUT2D eigenvalue weighted by molar-refractivity contribution is 6.32. The van der Waals surface area contributed by atoms with Crippen LogP contribution in [0.25, 0.3) is 0 Å². The number of carbonyl (C=O) groups is 1. The maximum atomic E-state index is 13.2. The Hall–Kier alpha value is -1.29. The van der Waals surface area contributed by atoms with Gasteiger partial charge < -0.3 is 9.84 Å². The van der Waals surface area contributed by atoms with Crippen molar-refractivity contribution in [2.75, 3.05) is 7.11 Å². The molecule has 0 bridgehead atoms. The second kappa shape index (κ2) is 5.16. The first kappa shape index (κ1) is 12.8. The smallest absolute Gasteiger partial charge is 0.306 e. The molecule has 0 aliphatic carbocycles. The lowest BCUT2D eigenvalue weighted by Crippen LogP contribution is -2.12. The van der Waals surface area contributed by atoms with Crippen LogP contribution in [0.5, 0.6) is 5.75 Å². The second-order valence-corrected chi connectivity index (χ2v) is 3.90. The Morgan fingerprint density at radius 3 is 2.75 bits per heavy atom. The summed E-state index contributed by atoms with van der Waals surface area (Å²) in [5, 5.41) is 9.02. The molecule has 0 spiro atoms. The molecule has 3 nitrogen and oxygen atoms in total. The van der Waals surface area contributed by atoms with Crippen molar-refractivity contribution in [3.05, 3.63) is 28.5 Å². The van der Waals surface area contributed by atoms with Crippen LogP contribution in [0.1, 0.15) is 12.5 Å². The highest BCUT2D eigenvalue weighted by Crippen LogP contribution is 2.30. The van der Waals surface area contributed by atoms with Crippen LogP contribution < -0.4 is 4.74 Å². The van der Waals surface area contributed by atoms with E-state index >= 15 is 0 Å². The second-order valence-electron chi connectivity index (χ2n) is 3.52. The Labute approximate surface area is 97.8 Å². The molecule has 1 aromatic rings. The first-order chi connectivity index (χ1) is 7.45. The number of methoxy groups -OCH3 is 1. The molecule has 1 unspecified atom stereocenters. The van der Waals surface area contributed by atoms with E-state index in [0.29, 0.717) is 5.56 Å². The molecule has 0 aliphatic heterocycles. The number of carboxylic acid groups (broad SMARTS) is 1. The normalized spacial score (nSPS) is 12.2. The number of hydrogen-bond donors (Lipinski definition) is 1. The van der Waals surface area contributed by atoms with Crippen LogP contribution in [-0.4, -0.2) is 18.2 Å². The van der Waals surface area contributed by atoms with Gasteiger partial charge in [-0.25, -0.2) is 4.39 Å². The largest absolute Gasteiger partial charge is 0.495 e. The van der Waals surface area contributed by atoms with E-state index in [9.17, 15) is 9.18 Å². The lowest BCUT2D eigenvalue weighted by atomic mass is 10.0. The van der Waals surface area contributed by atoms with E-state index < -0.39 is 17.7 Å². The summed E-state index contributed by atoms with van der Waals surface area (Å²) in [4.78, 5) is 10.7. The average Bonchev–Trinajstić information content (AvgIpc) is 2.22. The van der Waals surface area contributed by atoms with Crippen molar-refractivity contribution in [1.29, 1.82) is 0 Å². The number of halogens is 2. The van der Waals surface area contributed by atoms with Crippen molar-refractivity contribution in [1.82, 2.24) is 0 Å². The van der Waals surface area contributed by atoms with Gasteiger partial charge in [0.1, 0.15) is 11.6 Å². The molecule has 0 radical (unpaired) electrons. The predicted molar refractivity (Wildman–Crippen MR) is 58.5 cm³/mol. The highest BCUT2D eigenvalue weighted by atomic mass is 35.5. The molecule has 16 heavy (non-hydrogen) atoms. The van der Waals surface area contributed by atoms with E-state index in [1.165, 1.54) is 20.1 Å². The van der Waals surface area contributed by atoms with Crippen LogP contribution in [-0.2, 0) is 11.2 Å². The number of benzene rings is 1. The molecule has 0 saturated heterocycles. The van der Waals surface area contributed by atoms with Gasteiger partial charge >= 0.3 is 5.97 Å². The Bertz CT molecular complexity index is 406. The van der Waals surface area contributed by atoms with Crippen LogP contribution >= 0.6 is 11.6 Å². The maximum absolute atomic E-state index is 13.2. The first-order valence-electron chi connectivity index (χ1n) is 4.70. The summed E-state index contributed by atoms with van der Waals surface area (Å²) in [7, 11) is 1.38. The van der Waals surface area contributed by atoms with Gasteiger partial charge in [-0.05, 0) is 18.1 Å². The average molecular weight is 247 g/mol. The van der Waals surface area contributed by atoms with Crippen molar-refractivity contribution in [3.8, 4) is 5.75 Å². The zero-order chi connectivity index (χ0) is 12.3. The van der Waals surface area contributed by atoms with E-state index in [4.69, 9.17) is 21.4 Å². The Morgan fingerprint density at radius 2 is 2.25 bits per heavy atom. The lowest BCUT2D eigenvalue weighted by Gasteiger charge is -2.11. The number of carboxylic acids is 1. The van der Waals surface area contributed by atoms with Gasteiger partial charge in [0.2, 0.25) is 0 Å². The number of ether oxygens (including phenoxy) is 1. The molecule has 0 saturated carbocycles. The van der Waals surface area contributed by atoms with Crippen molar-refractivity contribution in [2.45, 2.75) is 13.3 Å². The Morgan fingerprint density at radius 1 is 1.62 bits per heavy atom. The van der Waals surface area contributed by atoms with Gasteiger partial charge in [0.25, 0.3) is 0 Å². The third-order valence-electron chi connectivity index (χ3n) is 2.25. The Balaban J connectivity index is 3.04. The zero-order valence-electron chi connectivity index (χ0n) is 8.96. The first-order valence-corrected chi connectivity index (χ1v) is 5.08. The van der Waals surface area contributed by atoms with Crippen molar-refractivity contribution >= 4 is 17.6 Å². The topological polar surface area (TPSA) is 46.5 Å². The maximum Gasteiger partial charge on any atom is 0.306 e. The lowest BCUT2D eigenvalue weighted by molar-refractivity contribution is -0.141. The van der Waals surface area contributed by atoms with Crippen molar-refractivity contribution < 1.29 is 19.0 Å². The molecule has 0 fully saturated rings. The SMILES string of the molecule is COc1cc(F)cc(CC(C)C(=O)O)c1Cl. The van der Waals surface area contributed by atoms with Gasteiger partial charge in [0.05, 0.1) is 18.1 Å². The number of aliphatic carboxylic acids is 1. The molecule has 0 amide bonds. The molecule has 0 aromatic heterocycles. The minimum atomic E-state index is -0.945. The summed E-state index contributed by atoms with van der Waals surface area (Å²) in [5.74, 6) is -1.84. The van der Waals surface area contributed by atoms with Gasteiger partial charge in [-0.2, -0.15) is 0 Å². The summed E-state index contributed by atoms with van der Waals surface area (Å²) in [6.45, 7) is 1.54. The summed E-state index contributed by atoms with van der Waals surface area (Å²) in [6, 6.07) is 2.39. The molecular weight excluding hydrogens is 235 g/mol. The predicted octanol–water partition coefficient (Wildman–Crippen LogP) is 2.75.